The van der Waals surface area contributed by atoms with Crippen molar-refractivity contribution < 1.29 is 0 Å². The summed E-state index contributed by atoms with van der Waals surface area (Å²) in [7, 11) is 1.83. The Kier molecular flexibility index (Phi) is 12.5. The number of halogens is 1. The highest BCUT2D eigenvalue weighted by Crippen LogP contribution is 2.18. The quantitative estimate of drug-likeness (QED) is 0.292. The minimum atomic E-state index is 0. The Labute approximate surface area is 188 Å². The SMILES string of the molecule is CCN(CC)CCCC(C)NC(=NC)NCc1ccnc(N2CCCC2)c1.I. The number of aromatic nitrogens is 1. The van der Waals surface area contributed by atoms with Crippen LogP contribution in [0, 0.1) is 0 Å². The Bertz CT molecular complexity index is 570. The lowest BCUT2D eigenvalue weighted by molar-refractivity contribution is 0.292. The Hall–Kier alpha value is -1.09. The van der Waals surface area contributed by atoms with Crippen molar-refractivity contribution in [1.29, 1.82) is 0 Å². The lowest BCUT2D eigenvalue weighted by atomic mass is 10.2. The van der Waals surface area contributed by atoms with E-state index >= 15 is 0 Å². The number of rotatable bonds is 10. The molecule has 7 heteroatoms. The van der Waals surface area contributed by atoms with Crippen LogP contribution in [0.2, 0.25) is 0 Å². The molecule has 1 atom stereocenters. The fraction of sp³-hybridized carbons (Fsp3) is 0.714. The van der Waals surface area contributed by atoms with Gasteiger partial charge in [0.15, 0.2) is 5.96 Å². The minimum Gasteiger partial charge on any atom is -0.357 e. The van der Waals surface area contributed by atoms with Gasteiger partial charge in [-0.2, -0.15) is 0 Å². The number of guanidine groups is 1. The van der Waals surface area contributed by atoms with Gasteiger partial charge in [-0.25, -0.2) is 4.98 Å². The van der Waals surface area contributed by atoms with Crippen LogP contribution in [-0.2, 0) is 6.54 Å². The van der Waals surface area contributed by atoms with Gasteiger partial charge in [0, 0.05) is 38.9 Å². The van der Waals surface area contributed by atoms with Crippen LogP contribution in [0.15, 0.2) is 23.3 Å². The van der Waals surface area contributed by atoms with Crippen molar-refractivity contribution in [2.24, 2.45) is 4.99 Å². The molecule has 0 aromatic carbocycles. The molecule has 2 rings (SSSR count). The summed E-state index contributed by atoms with van der Waals surface area (Å²) in [5, 5.41) is 6.95. The van der Waals surface area contributed by atoms with Crippen LogP contribution in [0.5, 0.6) is 0 Å². The largest absolute Gasteiger partial charge is 0.357 e. The number of aliphatic imine (C=N–C) groups is 1. The first-order chi connectivity index (χ1) is 13.2. The van der Waals surface area contributed by atoms with Gasteiger partial charge < -0.3 is 20.4 Å². The third-order valence-electron chi connectivity index (χ3n) is 5.31. The molecule has 0 saturated carbocycles. The van der Waals surface area contributed by atoms with Crippen LogP contribution in [0.1, 0.15) is 52.0 Å². The number of hydrogen-bond donors (Lipinski definition) is 2. The normalized spacial score (nSPS) is 15.5. The summed E-state index contributed by atoms with van der Waals surface area (Å²) in [5.41, 5.74) is 1.24. The van der Waals surface area contributed by atoms with Gasteiger partial charge in [-0.05, 0) is 69.9 Å². The van der Waals surface area contributed by atoms with Gasteiger partial charge in [0.2, 0.25) is 0 Å². The molecule has 1 unspecified atom stereocenters. The number of nitrogens with one attached hydrogen (secondary N) is 2. The van der Waals surface area contributed by atoms with Crippen LogP contribution in [0.3, 0.4) is 0 Å². The molecular formula is C21H39IN6. The molecule has 0 bridgehead atoms. The van der Waals surface area contributed by atoms with Crippen molar-refractivity contribution in [2.45, 2.75) is 59.0 Å². The summed E-state index contributed by atoms with van der Waals surface area (Å²) in [5.74, 6) is 1.96. The maximum Gasteiger partial charge on any atom is 0.191 e. The molecule has 1 saturated heterocycles. The van der Waals surface area contributed by atoms with E-state index < -0.39 is 0 Å². The van der Waals surface area contributed by atoms with Crippen molar-refractivity contribution in [3.63, 3.8) is 0 Å². The van der Waals surface area contributed by atoms with E-state index in [1.165, 1.54) is 31.4 Å². The molecule has 0 spiro atoms. The Morgan fingerprint density at radius 1 is 1.29 bits per heavy atom. The van der Waals surface area contributed by atoms with Crippen molar-refractivity contribution in [2.75, 3.05) is 44.7 Å². The molecule has 6 nitrogen and oxygen atoms in total. The van der Waals surface area contributed by atoms with Gasteiger partial charge in [0.1, 0.15) is 5.82 Å². The molecule has 1 fully saturated rings. The van der Waals surface area contributed by atoms with E-state index in [0.29, 0.717) is 6.04 Å². The molecule has 0 radical (unpaired) electrons. The van der Waals surface area contributed by atoms with E-state index in [1.54, 1.807) is 0 Å². The highest BCUT2D eigenvalue weighted by molar-refractivity contribution is 14.0. The molecule has 2 N–H and O–H groups in total. The molecule has 1 aromatic rings. The van der Waals surface area contributed by atoms with Crippen LogP contribution in [0.4, 0.5) is 5.82 Å². The highest BCUT2D eigenvalue weighted by atomic mass is 127. The Morgan fingerprint density at radius 2 is 2.00 bits per heavy atom. The minimum absolute atomic E-state index is 0. The summed E-state index contributed by atoms with van der Waals surface area (Å²) in [4.78, 5) is 13.7. The summed E-state index contributed by atoms with van der Waals surface area (Å²) in [6.45, 7) is 13.1. The van der Waals surface area contributed by atoms with Crippen molar-refractivity contribution >= 4 is 35.8 Å². The first kappa shape index (κ1) is 24.9. The van der Waals surface area contributed by atoms with Crippen LogP contribution in [0.25, 0.3) is 0 Å². The van der Waals surface area contributed by atoms with E-state index in [0.717, 1.165) is 50.9 Å². The molecule has 160 valence electrons. The number of anilines is 1. The first-order valence-corrected chi connectivity index (χ1v) is 10.6. The van der Waals surface area contributed by atoms with Crippen molar-refractivity contribution in [1.82, 2.24) is 20.5 Å². The van der Waals surface area contributed by atoms with Gasteiger partial charge in [-0.1, -0.05) is 13.8 Å². The molecule has 1 aromatic heterocycles. The average Bonchev–Trinajstić information content (AvgIpc) is 3.23. The smallest absolute Gasteiger partial charge is 0.191 e. The maximum atomic E-state index is 4.53. The van der Waals surface area contributed by atoms with Gasteiger partial charge in [-0.15, -0.1) is 24.0 Å². The first-order valence-electron chi connectivity index (χ1n) is 10.6. The summed E-state index contributed by atoms with van der Waals surface area (Å²) in [6, 6.07) is 4.68. The van der Waals surface area contributed by atoms with Crippen LogP contribution < -0.4 is 15.5 Å². The maximum absolute atomic E-state index is 4.53. The predicted molar refractivity (Wildman–Crippen MR) is 131 cm³/mol. The lowest BCUT2D eigenvalue weighted by Crippen LogP contribution is -2.42. The zero-order valence-electron chi connectivity index (χ0n) is 18.1. The van der Waals surface area contributed by atoms with Crippen molar-refractivity contribution in [3.8, 4) is 0 Å². The second kappa shape index (κ2) is 14.0. The highest BCUT2D eigenvalue weighted by Gasteiger charge is 2.13. The number of hydrogen-bond acceptors (Lipinski definition) is 4. The second-order valence-electron chi connectivity index (χ2n) is 7.36. The van der Waals surface area contributed by atoms with Gasteiger partial charge in [0.05, 0.1) is 0 Å². The van der Waals surface area contributed by atoms with Gasteiger partial charge in [0.25, 0.3) is 0 Å². The monoisotopic (exact) mass is 502 g/mol. The third kappa shape index (κ3) is 8.51. The molecule has 0 amide bonds. The predicted octanol–water partition coefficient (Wildman–Crippen LogP) is 3.48. The topological polar surface area (TPSA) is 55.8 Å². The van der Waals surface area contributed by atoms with Crippen molar-refractivity contribution in [3.05, 3.63) is 23.9 Å². The standard InChI is InChI=1S/C21H38N6.HI/c1-5-26(6-2)13-9-10-18(3)25-21(22-4)24-17-19-11-12-23-20(16-19)27-14-7-8-15-27;/h11-12,16,18H,5-10,13-15,17H2,1-4H3,(H2,22,24,25);1H. The van der Waals surface area contributed by atoms with Crippen LogP contribution in [-0.4, -0.2) is 61.7 Å². The second-order valence-corrected chi connectivity index (χ2v) is 7.36. The fourth-order valence-electron chi connectivity index (χ4n) is 3.54. The lowest BCUT2D eigenvalue weighted by Gasteiger charge is -2.21. The summed E-state index contributed by atoms with van der Waals surface area (Å²) < 4.78 is 0. The van der Waals surface area contributed by atoms with E-state index in [4.69, 9.17) is 0 Å². The van der Waals surface area contributed by atoms with E-state index in [1.807, 2.05) is 13.2 Å². The van der Waals surface area contributed by atoms with Gasteiger partial charge >= 0.3 is 0 Å². The average molecular weight is 502 g/mol. The number of nitrogens with zero attached hydrogens (tertiary/aromatic N) is 4. The molecule has 0 aliphatic carbocycles. The van der Waals surface area contributed by atoms with Crippen LogP contribution >= 0.6 is 24.0 Å². The summed E-state index contributed by atoms with van der Waals surface area (Å²) >= 11 is 0. The van der Waals surface area contributed by atoms with Gasteiger partial charge in [-0.3, -0.25) is 4.99 Å². The van der Waals surface area contributed by atoms with E-state index in [2.05, 4.69) is 63.3 Å². The molecule has 28 heavy (non-hydrogen) atoms. The number of pyridine rings is 1. The van der Waals surface area contributed by atoms with E-state index in [-0.39, 0.29) is 24.0 Å². The zero-order chi connectivity index (χ0) is 19.5. The third-order valence-corrected chi connectivity index (χ3v) is 5.31. The Balaban J connectivity index is 0.00000392. The Morgan fingerprint density at radius 3 is 2.64 bits per heavy atom. The molecule has 2 heterocycles. The zero-order valence-corrected chi connectivity index (χ0v) is 20.4. The van der Waals surface area contributed by atoms with E-state index in [9.17, 15) is 0 Å². The fourth-order valence-corrected chi connectivity index (χ4v) is 3.54. The summed E-state index contributed by atoms with van der Waals surface area (Å²) in [6.07, 6.45) is 6.80. The molecule has 1 aliphatic heterocycles. The molecule has 1 aliphatic rings. The molecular weight excluding hydrogens is 463 g/mol.